The fourth-order valence-corrected chi connectivity index (χ4v) is 6.63. The molecule has 2 nitrogen and oxygen atoms in total. The first kappa shape index (κ1) is 23.8. The van der Waals surface area contributed by atoms with Gasteiger partial charge in [0.1, 0.15) is 11.2 Å². The lowest BCUT2D eigenvalue weighted by molar-refractivity contribution is 0.660. The first-order valence-electron chi connectivity index (χ1n) is 14.2. The predicted molar refractivity (Wildman–Crippen MR) is 171 cm³/mol. The second kappa shape index (κ2) is 8.97. The molecule has 196 valence electrons. The first-order chi connectivity index (χ1) is 20.1. The summed E-state index contributed by atoms with van der Waals surface area (Å²) in [6.07, 6.45) is 0. The summed E-state index contributed by atoms with van der Waals surface area (Å²) in [6, 6.07) is 49.9. The highest BCUT2D eigenvalue weighted by molar-refractivity contribution is 6.11. The molecule has 7 aromatic rings. The molecule has 0 atom stereocenters. The van der Waals surface area contributed by atoms with Gasteiger partial charge in [0.05, 0.1) is 0 Å². The average Bonchev–Trinajstić information content (AvgIpc) is 3.50. The Morgan fingerprint density at radius 1 is 0.488 bits per heavy atom. The second-order valence-corrected chi connectivity index (χ2v) is 11.4. The number of para-hydroxylation sites is 2. The van der Waals surface area contributed by atoms with Gasteiger partial charge in [-0.15, -0.1) is 0 Å². The van der Waals surface area contributed by atoms with Gasteiger partial charge >= 0.3 is 0 Å². The molecule has 1 aliphatic carbocycles. The van der Waals surface area contributed by atoms with Crippen molar-refractivity contribution in [1.29, 1.82) is 0 Å². The van der Waals surface area contributed by atoms with E-state index in [0.717, 1.165) is 50.1 Å². The van der Waals surface area contributed by atoms with Crippen molar-refractivity contribution in [1.82, 2.24) is 0 Å². The minimum absolute atomic E-state index is 0.0792. The summed E-state index contributed by atoms with van der Waals surface area (Å²) < 4.78 is 6.49. The lowest BCUT2D eigenvalue weighted by atomic mass is 9.82. The van der Waals surface area contributed by atoms with Crippen molar-refractivity contribution in [2.45, 2.75) is 19.3 Å². The normalized spacial score (nSPS) is 13.3. The van der Waals surface area contributed by atoms with E-state index in [4.69, 9.17) is 4.42 Å². The van der Waals surface area contributed by atoms with Crippen molar-refractivity contribution in [2.24, 2.45) is 0 Å². The lowest BCUT2D eigenvalue weighted by Gasteiger charge is -2.28. The monoisotopic (exact) mass is 527 g/mol. The standard InChI is InChI=1S/C39H29NO/c1-39(2)35-19-11-9-17-30(35)31-22-21-28(25-36(31)39)40(27-15-7-4-8-16-27)29-23-33(26-13-5-3-6-14-26)38-34(24-29)32-18-10-12-20-37(32)41-38/h3-25H,1-2H3. The zero-order valence-electron chi connectivity index (χ0n) is 23.1. The van der Waals surface area contributed by atoms with E-state index in [2.05, 4.69) is 152 Å². The summed E-state index contributed by atoms with van der Waals surface area (Å²) in [6.45, 7) is 4.68. The topological polar surface area (TPSA) is 16.4 Å². The molecule has 0 amide bonds. The van der Waals surface area contributed by atoms with Crippen molar-refractivity contribution in [3.8, 4) is 22.3 Å². The summed E-state index contributed by atoms with van der Waals surface area (Å²) in [4.78, 5) is 2.38. The Morgan fingerprint density at radius 3 is 2.00 bits per heavy atom. The predicted octanol–water partition coefficient (Wildman–Crippen LogP) is 11.0. The van der Waals surface area contributed by atoms with E-state index < -0.39 is 0 Å². The van der Waals surface area contributed by atoms with Crippen molar-refractivity contribution >= 4 is 39.0 Å². The van der Waals surface area contributed by atoms with Crippen LogP contribution in [-0.2, 0) is 5.41 Å². The van der Waals surface area contributed by atoms with E-state index in [1.54, 1.807) is 0 Å². The third kappa shape index (κ3) is 3.64. The van der Waals surface area contributed by atoms with Gasteiger partial charge in [-0.05, 0) is 70.3 Å². The summed E-state index contributed by atoms with van der Waals surface area (Å²) in [5.74, 6) is 0. The first-order valence-corrected chi connectivity index (χ1v) is 14.2. The van der Waals surface area contributed by atoms with E-state index in [0.29, 0.717) is 0 Å². The number of nitrogens with zero attached hydrogens (tertiary/aromatic N) is 1. The number of hydrogen-bond donors (Lipinski definition) is 0. The molecule has 0 N–H and O–H groups in total. The highest BCUT2D eigenvalue weighted by Gasteiger charge is 2.35. The van der Waals surface area contributed by atoms with Crippen LogP contribution in [0.1, 0.15) is 25.0 Å². The van der Waals surface area contributed by atoms with Crippen LogP contribution >= 0.6 is 0 Å². The van der Waals surface area contributed by atoms with Crippen LogP contribution in [0.4, 0.5) is 17.1 Å². The van der Waals surface area contributed by atoms with Crippen LogP contribution < -0.4 is 4.90 Å². The Bertz CT molecular complexity index is 2070. The van der Waals surface area contributed by atoms with Crippen molar-refractivity contribution in [3.05, 3.63) is 151 Å². The van der Waals surface area contributed by atoms with E-state index in [-0.39, 0.29) is 5.41 Å². The third-order valence-corrected chi connectivity index (χ3v) is 8.65. The van der Waals surface area contributed by atoms with Gasteiger partial charge in [-0.25, -0.2) is 0 Å². The van der Waals surface area contributed by atoms with Crippen LogP contribution in [-0.4, -0.2) is 0 Å². The number of anilines is 3. The maximum Gasteiger partial charge on any atom is 0.143 e. The number of fused-ring (bicyclic) bond motifs is 6. The maximum atomic E-state index is 6.49. The zero-order chi connectivity index (χ0) is 27.6. The fourth-order valence-electron chi connectivity index (χ4n) is 6.63. The number of furan rings is 1. The number of benzene rings is 6. The lowest BCUT2D eigenvalue weighted by Crippen LogP contribution is -2.16. The van der Waals surface area contributed by atoms with Gasteiger partial charge in [-0.2, -0.15) is 0 Å². The van der Waals surface area contributed by atoms with Crippen molar-refractivity contribution < 1.29 is 4.42 Å². The summed E-state index contributed by atoms with van der Waals surface area (Å²) in [5, 5.41) is 2.24. The highest BCUT2D eigenvalue weighted by atomic mass is 16.3. The van der Waals surface area contributed by atoms with Gasteiger partial charge in [-0.1, -0.05) is 111 Å². The minimum Gasteiger partial charge on any atom is -0.455 e. The third-order valence-electron chi connectivity index (χ3n) is 8.65. The van der Waals surface area contributed by atoms with Gasteiger partial charge in [0, 0.05) is 38.8 Å². The Balaban J connectivity index is 1.40. The van der Waals surface area contributed by atoms with Crippen LogP contribution in [0.15, 0.2) is 144 Å². The Hall–Kier alpha value is -5.08. The smallest absolute Gasteiger partial charge is 0.143 e. The van der Waals surface area contributed by atoms with Crippen LogP contribution in [0.25, 0.3) is 44.2 Å². The second-order valence-electron chi connectivity index (χ2n) is 11.4. The molecule has 1 aromatic heterocycles. The average molecular weight is 528 g/mol. The molecule has 0 saturated carbocycles. The maximum absolute atomic E-state index is 6.49. The van der Waals surface area contributed by atoms with Crippen LogP contribution in [0.2, 0.25) is 0 Å². The Labute approximate surface area is 240 Å². The van der Waals surface area contributed by atoms with E-state index in [1.165, 1.54) is 22.3 Å². The molecule has 1 heterocycles. The molecule has 0 saturated heterocycles. The SMILES string of the molecule is CC1(C)c2ccccc2-c2ccc(N(c3ccccc3)c3cc(-c4ccccc4)c4oc5ccccc5c4c3)cc21. The zero-order valence-corrected chi connectivity index (χ0v) is 23.1. The molecular formula is C39H29NO. The Morgan fingerprint density at radius 2 is 1.17 bits per heavy atom. The molecule has 0 fully saturated rings. The summed E-state index contributed by atoms with van der Waals surface area (Å²) >= 11 is 0. The van der Waals surface area contributed by atoms with Crippen molar-refractivity contribution in [3.63, 3.8) is 0 Å². The molecule has 6 aromatic carbocycles. The summed E-state index contributed by atoms with van der Waals surface area (Å²) in [5.41, 5.74) is 12.7. The van der Waals surface area contributed by atoms with E-state index >= 15 is 0 Å². The van der Waals surface area contributed by atoms with E-state index in [9.17, 15) is 0 Å². The van der Waals surface area contributed by atoms with Crippen LogP contribution in [0.3, 0.4) is 0 Å². The molecule has 0 radical (unpaired) electrons. The molecule has 2 heteroatoms. The number of rotatable bonds is 4. The van der Waals surface area contributed by atoms with E-state index in [1.807, 2.05) is 6.07 Å². The molecule has 0 spiro atoms. The van der Waals surface area contributed by atoms with Crippen LogP contribution in [0, 0.1) is 0 Å². The van der Waals surface area contributed by atoms with Crippen LogP contribution in [0.5, 0.6) is 0 Å². The number of hydrogen-bond acceptors (Lipinski definition) is 2. The minimum atomic E-state index is -0.0792. The molecule has 0 aliphatic heterocycles. The molecule has 0 bridgehead atoms. The van der Waals surface area contributed by atoms with Gasteiger partial charge in [0.15, 0.2) is 0 Å². The van der Waals surface area contributed by atoms with Crippen molar-refractivity contribution in [2.75, 3.05) is 4.90 Å². The molecule has 1 aliphatic rings. The Kier molecular flexibility index (Phi) is 5.20. The summed E-state index contributed by atoms with van der Waals surface area (Å²) in [7, 11) is 0. The fraction of sp³-hybridized carbons (Fsp3) is 0.0769. The van der Waals surface area contributed by atoms with Gasteiger partial charge in [0.2, 0.25) is 0 Å². The van der Waals surface area contributed by atoms with Gasteiger partial charge < -0.3 is 9.32 Å². The largest absolute Gasteiger partial charge is 0.455 e. The molecule has 41 heavy (non-hydrogen) atoms. The molecular weight excluding hydrogens is 498 g/mol. The van der Waals surface area contributed by atoms with Gasteiger partial charge in [0.25, 0.3) is 0 Å². The highest BCUT2D eigenvalue weighted by Crippen LogP contribution is 2.51. The quantitative estimate of drug-likeness (QED) is 0.226. The molecule has 0 unspecified atom stereocenters. The van der Waals surface area contributed by atoms with Gasteiger partial charge in [-0.3, -0.25) is 0 Å². The molecule has 8 rings (SSSR count).